The van der Waals surface area contributed by atoms with Gasteiger partial charge in [-0.1, -0.05) is 35.3 Å². The summed E-state index contributed by atoms with van der Waals surface area (Å²) in [4.78, 5) is 25.5. The summed E-state index contributed by atoms with van der Waals surface area (Å²) < 4.78 is 1.30. The van der Waals surface area contributed by atoms with Crippen molar-refractivity contribution in [2.75, 3.05) is 0 Å². The number of hydrazone groups is 1. The molecule has 9 nitrogen and oxygen atoms in total. The molecule has 3 rings (SSSR count). The molecule has 1 saturated carbocycles. The molecule has 1 aromatic heterocycles. The van der Waals surface area contributed by atoms with Crippen LogP contribution < -0.4 is 5.43 Å². The topological polar surface area (TPSA) is 115 Å². The first-order valence-electron chi connectivity index (χ1n) is 7.46. The highest BCUT2D eigenvalue weighted by Gasteiger charge is 2.43. The van der Waals surface area contributed by atoms with Gasteiger partial charge in [0.15, 0.2) is 0 Å². The van der Waals surface area contributed by atoms with Gasteiger partial charge in [-0.2, -0.15) is 9.78 Å². The normalized spacial score (nSPS) is 19.8. The summed E-state index contributed by atoms with van der Waals surface area (Å²) in [7, 11) is 0. The fourth-order valence-electron chi connectivity index (χ4n) is 2.50. The maximum atomic E-state index is 12.1. The monoisotopic (exact) mass is 328 g/mol. The van der Waals surface area contributed by atoms with Gasteiger partial charge in [0, 0.05) is 11.0 Å². The number of hydrogen-bond acceptors (Lipinski definition) is 6. The van der Waals surface area contributed by atoms with E-state index < -0.39 is 10.9 Å². The second kappa shape index (κ2) is 6.57. The third-order valence-electron chi connectivity index (χ3n) is 3.79. The van der Waals surface area contributed by atoms with E-state index in [4.69, 9.17) is 0 Å². The number of nitrogens with one attached hydrogen (secondary N) is 1. The van der Waals surface area contributed by atoms with Gasteiger partial charge >= 0.3 is 5.95 Å². The van der Waals surface area contributed by atoms with Crippen LogP contribution in [0.5, 0.6) is 0 Å². The SMILES string of the molecule is C/C(Cn1cnc([N+](=O)[O-])n1)=N/NC(=O)[C@H]1C[C@@H]1c1ccccc1. The first-order valence-corrected chi connectivity index (χ1v) is 7.46. The second-order valence-electron chi connectivity index (χ2n) is 5.68. The first kappa shape index (κ1) is 15.8. The van der Waals surface area contributed by atoms with Crippen molar-refractivity contribution in [2.24, 2.45) is 11.0 Å². The van der Waals surface area contributed by atoms with E-state index in [0.717, 1.165) is 12.0 Å². The number of nitro groups is 1. The lowest BCUT2D eigenvalue weighted by Crippen LogP contribution is -2.22. The zero-order chi connectivity index (χ0) is 17.1. The number of rotatable bonds is 6. The third kappa shape index (κ3) is 3.62. The van der Waals surface area contributed by atoms with Crippen molar-refractivity contribution in [3.63, 3.8) is 0 Å². The summed E-state index contributed by atoms with van der Waals surface area (Å²) >= 11 is 0. The highest BCUT2D eigenvalue weighted by atomic mass is 16.6. The van der Waals surface area contributed by atoms with Crippen LogP contribution in [0.2, 0.25) is 0 Å². The van der Waals surface area contributed by atoms with E-state index in [1.165, 1.54) is 11.0 Å². The van der Waals surface area contributed by atoms with Crippen LogP contribution in [0.1, 0.15) is 24.8 Å². The lowest BCUT2D eigenvalue weighted by molar-refractivity contribution is -0.394. The minimum absolute atomic E-state index is 0.0589. The lowest BCUT2D eigenvalue weighted by Gasteiger charge is -2.02. The van der Waals surface area contributed by atoms with Gasteiger partial charge in [0.05, 0.1) is 12.3 Å². The lowest BCUT2D eigenvalue weighted by atomic mass is 10.1. The van der Waals surface area contributed by atoms with Crippen LogP contribution >= 0.6 is 0 Å². The van der Waals surface area contributed by atoms with E-state index >= 15 is 0 Å². The molecule has 1 fully saturated rings. The Balaban J connectivity index is 1.52. The molecule has 1 N–H and O–H groups in total. The Morgan fingerprint density at radius 2 is 2.21 bits per heavy atom. The molecular weight excluding hydrogens is 312 g/mol. The van der Waals surface area contributed by atoms with Crippen molar-refractivity contribution >= 4 is 17.6 Å². The quantitative estimate of drug-likeness (QED) is 0.490. The van der Waals surface area contributed by atoms with Crippen molar-refractivity contribution < 1.29 is 9.72 Å². The molecule has 0 spiro atoms. The average Bonchev–Trinajstić information content (AvgIpc) is 3.25. The standard InChI is InChI=1S/C15H16N6O3/c1-10(8-20-9-16-15(19-20)21(23)24)17-18-14(22)13-7-12(13)11-5-3-2-4-6-11/h2-6,9,12-13H,7-8H2,1H3,(H,18,22)/b17-10-/t12-,13+/m1/s1. The Kier molecular flexibility index (Phi) is 4.32. The molecule has 0 aliphatic heterocycles. The number of amides is 1. The fourth-order valence-corrected chi connectivity index (χ4v) is 2.50. The summed E-state index contributed by atoms with van der Waals surface area (Å²) in [6.45, 7) is 1.92. The van der Waals surface area contributed by atoms with Gasteiger partial charge < -0.3 is 10.1 Å². The second-order valence-corrected chi connectivity index (χ2v) is 5.68. The molecule has 0 unspecified atom stereocenters. The Labute approximate surface area is 137 Å². The van der Waals surface area contributed by atoms with E-state index in [1.807, 2.05) is 30.3 Å². The van der Waals surface area contributed by atoms with Gasteiger partial charge in [-0.3, -0.25) is 4.79 Å². The average molecular weight is 328 g/mol. The Morgan fingerprint density at radius 3 is 2.88 bits per heavy atom. The maximum Gasteiger partial charge on any atom is 0.490 e. The summed E-state index contributed by atoms with van der Waals surface area (Å²) in [6, 6.07) is 9.90. The molecule has 0 radical (unpaired) electrons. The molecule has 9 heteroatoms. The largest absolute Gasteiger partial charge is 0.490 e. The van der Waals surface area contributed by atoms with E-state index in [-0.39, 0.29) is 24.3 Å². The molecule has 0 saturated heterocycles. The van der Waals surface area contributed by atoms with Crippen LogP contribution in [0.15, 0.2) is 41.8 Å². The van der Waals surface area contributed by atoms with E-state index in [2.05, 4.69) is 20.6 Å². The van der Waals surface area contributed by atoms with E-state index in [0.29, 0.717) is 5.71 Å². The van der Waals surface area contributed by atoms with Crippen molar-refractivity contribution in [3.05, 3.63) is 52.3 Å². The zero-order valence-electron chi connectivity index (χ0n) is 13.0. The predicted molar refractivity (Wildman–Crippen MR) is 85.2 cm³/mol. The highest BCUT2D eigenvalue weighted by Crippen LogP contribution is 2.47. The third-order valence-corrected chi connectivity index (χ3v) is 3.79. The van der Waals surface area contributed by atoms with Crippen LogP contribution in [0.4, 0.5) is 5.95 Å². The minimum atomic E-state index is -0.665. The maximum absolute atomic E-state index is 12.1. The number of carbonyl (C=O) groups is 1. The molecule has 1 heterocycles. The van der Waals surface area contributed by atoms with Gasteiger partial charge in [-0.25, -0.2) is 5.43 Å². The van der Waals surface area contributed by atoms with Crippen LogP contribution in [0, 0.1) is 16.0 Å². The van der Waals surface area contributed by atoms with Gasteiger partial charge in [0.25, 0.3) is 0 Å². The van der Waals surface area contributed by atoms with Crippen LogP contribution in [0.25, 0.3) is 0 Å². The summed E-state index contributed by atoms with van der Waals surface area (Å²) in [5.41, 5.74) is 4.28. The first-order chi connectivity index (χ1) is 11.5. The number of benzene rings is 1. The molecule has 124 valence electrons. The Hall–Kier alpha value is -3.10. The molecule has 24 heavy (non-hydrogen) atoms. The van der Waals surface area contributed by atoms with Gasteiger partial charge in [-0.15, -0.1) is 0 Å². The van der Waals surface area contributed by atoms with E-state index in [9.17, 15) is 14.9 Å². The molecule has 1 aliphatic rings. The predicted octanol–water partition coefficient (Wildman–Crippen LogP) is 1.48. The minimum Gasteiger partial charge on any atom is -0.390 e. The molecule has 2 aromatic rings. The molecule has 1 aliphatic carbocycles. The summed E-state index contributed by atoms with van der Waals surface area (Å²) in [6.07, 6.45) is 2.07. The van der Waals surface area contributed by atoms with Crippen molar-refractivity contribution in [1.29, 1.82) is 0 Å². The molecule has 0 bridgehead atoms. The van der Waals surface area contributed by atoms with Gasteiger partial charge in [-0.05, 0) is 29.7 Å². The smallest absolute Gasteiger partial charge is 0.390 e. The Morgan fingerprint density at radius 1 is 1.46 bits per heavy atom. The molecule has 1 amide bonds. The van der Waals surface area contributed by atoms with Crippen LogP contribution in [0.3, 0.4) is 0 Å². The van der Waals surface area contributed by atoms with Crippen molar-refractivity contribution in [2.45, 2.75) is 25.8 Å². The summed E-state index contributed by atoms with van der Waals surface area (Å²) in [5.74, 6) is -0.389. The highest BCUT2D eigenvalue weighted by molar-refractivity contribution is 5.86. The van der Waals surface area contributed by atoms with Crippen LogP contribution in [-0.2, 0) is 11.3 Å². The fraction of sp³-hybridized carbons (Fsp3) is 0.333. The number of aromatic nitrogens is 3. The van der Waals surface area contributed by atoms with Gasteiger partial charge in [0.2, 0.25) is 12.2 Å². The number of carbonyl (C=O) groups excluding carboxylic acids is 1. The molecule has 1 aromatic carbocycles. The zero-order valence-corrected chi connectivity index (χ0v) is 13.0. The molecular formula is C15H16N6O3. The van der Waals surface area contributed by atoms with Gasteiger partial charge in [0.1, 0.15) is 0 Å². The number of nitrogens with zero attached hydrogens (tertiary/aromatic N) is 5. The Bertz CT molecular complexity index is 786. The van der Waals surface area contributed by atoms with Crippen molar-refractivity contribution in [1.82, 2.24) is 20.2 Å². The summed E-state index contributed by atoms with van der Waals surface area (Å²) in [5, 5.41) is 18.2. The van der Waals surface area contributed by atoms with E-state index in [1.54, 1.807) is 6.92 Å². The number of hydrogen-bond donors (Lipinski definition) is 1. The van der Waals surface area contributed by atoms with Crippen LogP contribution in [-0.4, -0.2) is 31.3 Å². The van der Waals surface area contributed by atoms with Crippen molar-refractivity contribution in [3.8, 4) is 0 Å². The molecule has 2 atom stereocenters.